The summed E-state index contributed by atoms with van der Waals surface area (Å²) in [6.07, 6.45) is 0.219. The molecule has 6 rings (SSSR count). The summed E-state index contributed by atoms with van der Waals surface area (Å²) in [5, 5.41) is 0. The predicted molar refractivity (Wildman–Crippen MR) is 172 cm³/mol. The lowest BCUT2D eigenvalue weighted by Gasteiger charge is -2.34. The first-order valence-corrected chi connectivity index (χ1v) is 22.5. The van der Waals surface area contributed by atoms with Crippen LogP contribution in [0.5, 0.6) is 0 Å². The fraction of sp³-hybridized carbons (Fsp3) is 0.786. The van der Waals surface area contributed by atoms with Crippen molar-refractivity contribution in [3.8, 4) is 0 Å². The zero-order valence-corrected chi connectivity index (χ0v) is 29.4. The number of rotatable bonds is 18. The molecular weight excluding hydrogens is 653 g/mol. The molecule has 0 radical (unpaired) electrons. The van der Waals surface area contributed by atoms with Crippen molar-refractivity contribution < 1.29 is 23.1 Å². The molecule has 0 saturated carbocycles. The molecule has 4 aliphatic heterocycles. The highest BCUT2D eigenvalue weighted by atomic mass is 28.4. The molecule has 260 valence electrons. The van der Waals surface area contributed by atoms with Gasteiger partial charge in [-0.2, -0.15) is 0 Å². The molecule has 2 aromatic rings. The largest absolute Gasteiger partial charge is 0.455 e. The minimum Gasteiger partial charge on any atom is -0.455 e. The average Bonchev–Trinajstić information content (AvgIpc) is 3.80. The van der Waals surface area contributed by atoms with Crippen LogP contribution in [-0.4, -0.2) is 94.9 Å². The Kier molecular flexibility index (Phi) is 9.50. The van der Waals surface area contributed by atoms with Crippen LogP contribution in [0.3, 0.4) is 0 Å². The molecule has 4 saturated heterocycles. The topological polar surface area (TPSA) is 191 Å². The van der Waals surface area contributed by atoms with Gasteiger partial charge in [0.2, 0.25) is 0 Å². The third-order valence-electron chi connectivity index (χ3n) is 8.80. The summed E-state index contributed by atoms with van der Waals surface area (Å²) in [6.45, 7) is 11.0. The van der Waals surface area contributed by atoms with Crippen molar-refractivity contribution in [2.75, 3.05) is 26.4 Å². The van der Waals surface area contributed by atoms with E-state index >= 15 is 0 Å². The van der Waals surface area contributed by atoms with Gasteiger partial charge in [0.1, 0.15) is 0 Å². The Morgan fingerprint density at radius 1 is 0.489 bits per heavy atom. The molecule has 0 amide bonds. The summed E-state index contributed by atoms with van der Waals surface area (Å²) in [5.74, 6) is 0. The molecule has 6 heterocycles. The molecule has 47 heavy (non-hydrogen) atoms. The molecule has 4 unspecified atom stereocenters. The van der Waals surface area contributed by atoms with E-state index in [4.69, 9.17) is 23.1 Å². The number of hydrogen-bond acceptors (Lipinski definition) is 11. The fourth-order valence-corrected chi connectivity index (χ4v) is 14.9. The third kappa shape index (κ3) is 8.38. The second-order valence-electron chi connectivity index (χ2n) is 14.1. The van der Waals surface area contributed by atoms with E-state index in [1.54, 1.807) is 0 Å². The van der Waals surface area contributed by atoms with Crippen LogP contribution in [0.15, 0.2) is 28.8 Å². The lowest BCUT2D eigenvalue weighted by molar-refractivity contribution is 0.339. The second-order valence-corrected chi connectivity index (χ2v) is 22.9. The Morgan fingerprint density at radius 2 is 0.723 bits per heavy atom. The van der Waals surface area contributed by atoms with Gasteiger partial charge in [-0.25, -0.2) is 56.2 Å². The van der Waals surface area contributed by atoms with Crippen molar-refractivity contribution in [3.63, 3.8) is 0 Å². The Bertz CT molecular complexity index is 1620. The Morgan fingerprint density at radius 3 is 0.957 bits per heavy atom. The van der Waals surface area contributed by atoms with Gasteiger partial charge >= 0.3 is 34.1 Å². The van der Waals surface area contributed by atoms with Crippen LogP contribution >= 0.6 is 0 Å². The maximum absolute atomic E-state index is 13.2. The first kappa shape index (κ1) is 33.9. The van der Waals surface area contributed by atoms with Gasteiger partial charge in [0.05, 0.1) is 77.0 Å². The van der Waals surface area contributed by atoms with Gasteiger partial charge in [0, 0.05) is 13.1 Å². The van der Waals surface area contributed by atoms with Gasteiger partial charge in [0.15, 0.2) is 16.6 Å². The predicted octanol–water partition coefficient (Wildman–Crippen LogP) is -1.84. The molecule has 0 spiro atoms. The number of epoxide rings is 4. The van der Waals surface area contributed by atoms with E-state index in [9.17, 15) is 28.8 Å². The molecule has 4 atom stereocenters. The highest BCUT2D eigenvalue weighted by Crippen LogP contribution is 2.24. The summed E-state index contributed by atoms with van der Waals surface area (Å²) in [5.41, 5.74) is -3.80. The standard InChI is InChI=1S/C28H44N6O11Si2/c1-46(2,9-5-7-29-23(35)31(11-19-15-41-19)27(39)32(24(29)36)12-20-16-42-20)45-47(3,4)10-6-8-30-25(37)33(13-21-17-43-21)28(40)34(26(30)38)14-22-18-44-22/h19-22H,5-18H2,1-4H3. The van der Waals surface area contributed by atoms with E-state index in [0.29, 0.717) is 51.4 Å². The van der Waals surface area contributed by atoms with Crippen LogP contribution in [0.1, 0.15) is 12.8 Å². The van der Waals surface area contributed by atoms with Gasteiger partial charge in [0.25, 0.3) is 0 Å². The molecule has 17 nitrogen and oxygen atoms in total. The van der Waals surface area contributed by atoms with Gasteiger partial charge in [-0.05, 0) is 51.1 Å². The van der Waals surface area contributed by atoms with Crippen LogP contribution < -0.4 is 34.1 Å². The lowest BCUT2D eigenvalue weighted by atomic mass is 10.4. The Hall–Kier alpha value is -2.95. The van der Waals surface area contributed by atoms with Gasteiger partial charge < -0.3 is 23.1 Å². The minimum absolute atomic E-state index is 0.109. The SMILES string of the molecule is C[Si](C)(CCCn1c(=O)n(CC2CO2)c(=O)n(CC2CO2)c1=O)O[Si](C)(C)CCCn1c(=O)n(CC2CO2)c(=O)n(CC2CO2)c1=O. The second kappa shape index (κ2) is 13.2. The van der Waals surface area contributed by atoms with Gasteiger partial charge in [-0.3, -0.25) is 0 Å². The smallest absolute Gasteiger partial charge is 0.336 e. The zero-order chi connectivity index (χ0) is 33.7. The van der Waals surface area contributed by atoms with E-state index in [-0.39, 0.29) is 63.7 Å². The van der Waals surface area contributed by atoms with Crippen LogP contribution in [0.4, 0.5) is 0 Å². The zero-order valence-electron chi connectivity index (χ0n) is 27.4. The molecular formula is C28H44N6O11Si2. The maximum atomic E-state index is 13.2. The van der Waals surface area contributed by atoms with Crippen molar-refractivity contribution in [1.82, 2.24) is 27.4 Å². The van der Waals surface area contributed by atoms with E-state index in [0.717, 1.165) is 27.4 Å². The quantitative estimate of drug-likeness (QED) is 0.126. The first-order valence-electron chi connectivity index (χ1n) is 16.3. The summed E-state index contributed by atoms with van der Waals surface area (Å²) >= 11 is 0. The van der Waals surface area contributed by atoms with Crippen molar-refractivity contribution >= 4 is 16.6 Å². The van der Waals surface area contributed by atoms with E-state index in [1.165, 1.54) is 0 Å². The van der Waals surface area contributed by atoms with Crippen molar-refractivity contribution in [1.29, 1.82) is 0 Å². The average molecular weight is 697 g/mol. The van der Waals surface area contributed by atoms with Crippen LogP contribution in [0.2, 0.25) is 38.3 Å². The Balaban J connectivity index is 1.08. The molecule has 4 aliphatic rings. The molecule has 4 fully saturated rings. The van der Waals surface area contributed by atoms with Crippen LogP contribution in [0.25, 0.3) is 0 Å². The normalized spacial score (nSPS) is 23.2. The molecule has 0 aromatic carbocycles. The van der Waals surface area contributed by atoms with Crippen molar-refractivity contribution in [2.24, 2.45) is 0 Å². The summed E-state index contributed by atoms with van der Waals surface area (Å²) in [6, 6.07) is 1.35. The van der Waals surface area contributed by atoms with Crippen LogP contribution in [0, 0.1) is 0 Å². The highest BCUT2D eigenvalue weighted by molar-refractivity contribution is 6.84. The monoisotopic (exact) mass is 696 g/mol. The Labute approximate surface area is 271 Å². The molecule has 0 N–H and O–H groups in total. The molecule has 19 heteroatoms. The third-order valence-corrected chi connectivity index (χ3v) is 16.3. The lowest BCUT2D eigenvalue weighted by Crippen LogP contribution is -2.55. The first-order chi connectivity index (χ1) is 22.2. The number of ether oxygens (including phenoxy) is 4. The number of aromatic nitrogens is 6. The molecule has 0 aliphatic carbocycles. The van der Waals surface area contributed by atoms with Gasteiger partial charge in [-0.15, -0.1) is 0 Å². The minimum atomic E-state index is -2.28. The molecule has 2 aromatic heterocycles. The highest BCUT2D eigenvalue weighted by Gasteiger charge is 2.34. The summed E-state index contributed by atoms with van der Waals surface area (Å²) < 4.78 is 34.3. The fourth-order valence-electron chi connectivity index (χ4n) is 6.06. The van der Waals surface area contributed by atoms with E-state index < -0.39 is 50.8 Å². The van der Waals surface area contributed by atoms with E-state index in [1.807, 2.05) is 0 Å². The molecule has 0 bridgehead atoms. The van der Waals surface area contributed by atoms with Crippen molar-refractivity contribution in [2.45, 2.75) is 115 Å². The summed E-state index contributed by atoms with van der Waals surface area (Å²) in [4.78, 5) is 78.7. The number of hydrogen-bond donors (Lipinski definition) is 0. The number of nitrogens with zero attached hydrogens (tertiary/aromatic N) is 6. The maximum Gasteiger partial charge on any atom is 0.336 e. The summed E-state index contributed by atoms with van der Waals surface area (Å²) in [7, 11) is -4.55. The van der Waals surface area contributed by atoms with Crippen LogP contribution in [-0.2, 0) is 62.3 Å². The van der Waals surface area contributed by atoms with E-state index in [2.05, 4.69) is 26.2 Å². The van der Waals surface area contributed by atoms with Gasteiger partial charge in [-0.1, -0.05) is 0 Å². The van der Waals surface area contributed by atoms with Crippen molar-refractivity contribution in [3.05, 3.63) is 62.9 Å².